The molecule has 1 atom stereocenters. The molecule has 8 nitrogen and oxygen atoms in total. The van der Waals surface area contributed by atoms with Crippen LogP contribution in [-0.4, -0.2) is 44.8 Å². The average Bonchev–Trinajstić information content (AvgIpc) is 2.51. The number of piperidine rings is 1. The molecular formula is C15H20N4O4S. The molecule has 1 fully saturated rings. The lowest BCUT2D eigenvalue weighted by molar-refractivity contribution is -0.130. The van der Waals surface area contributed by atoms with Gasteiger partial charge in [-0.2, -0.15) is 8.42 Å². The van der Waals surface area contributed by atoms with Crippen LogP contribution in [0.25, 0.3) is 0 Å². The minimum absolute atomic E-state index is 0.0718. The zero-order valence-corrected chi connectivity index (χ0v) is 14.2. The van der Waals surface area contributed by atoms with Crippen LogP contribution >= 0.6 is 0 Å². The highest BCUT2D eigenvalue weighted by atomic mass is 32.2. The summed E-state index contributed by atoms with van der Waals surface area (Å²) in [4.78, 5) is 13.3. The number of anilines is 1. The third-order valence-corrected chi connectivity index (χ3v) is 5.09. The highest BCUT2D eigenvalue weighted by Gasteiger charge is 2.26. The summed E-state index contributed by atoms with van der Waals surface area (Å²) in [5.74, 6) is 0.698. The van der Waals surface area contributed by atoms with Gasteiger partial charge in [-0.25, -0.2) is 0 Å². The highest BCUT2D eigenvalue weighted by Crippen LogP contribution is 2.31. The van der Waals surface area contributed by atoms with Crippen molar-refractivity contribution in [3.8, 4) is 5.75 Å². The molecule has 2 aliphatic heterocycles. The number of nitrogens with two attached hydrogens (primary N) is 1. The van der Waals surface area contributed by atoms with Gasteiger partial charge in [0.15, 0.2) is 5.84 Å². The summed E-state index contributed by atoms with van der Waals surface area (Å²) in [5.41, 5.74) is 6.60. The molecule has 3 rings (SSSR count). The number of carbonyl (C=O) groups excluding carboxylic acids is 1. The smallest absolute Gasteiger partial charge is 0.344 e. The molecule has 0 saturated carbocycles. The Labute approximate surface area is 140 Å². The Morgan fingerprint density at radius 1 is 1.50 bits per heavy atom. The SMILES string of the molecule is CC(=O)N1CCC[C@H](COc2cccc3c2C(N)=NS(=O)(=O)N3)C1. The van der Waals surface area contributed by atoms with Crippen LogP contribution in [0.2, 0.25) is 0 Å². The largest absolute Gasteiger partial charge is 0.492 e. The van der Waals surface area contributed by atoms with E-state index in [4.69, 9.17) is 10.5 Å². The second-order valence-corrected chi connectivity index (χ2v) is 7.35. The molecule has 2 aliphatic rings. The molecule has 0 aliphatic carbocycles. The van der Waals surface area contributed by atoms with Gasteiger partial charge in [-0.05, 0) is 25.0 Å². The molecule has 1 saturated heterocycles. The van der Waals surface area contributed by atoms with Crippen LogP contribution in [-0.2, 0) is 15.0 Å². The topological polar surface area (TPSA) is 114 Å². The van der Waals surface area contributed by atoms with Gasteiger partial charge in [0.1, 0.15) is 5.75 Å². The quantitative estimate of drug-likeness (QED) is 0.831. The van der Waals surface area contributed by atoms with Crippen molar-refractivity contribution in [3.63, 3.8) is 0 Å². The number of nitrogens with zero attached hydrogens (tertiary/aromatic N) is 2. The highest BCUT2D eigenvalue weighted by molar-refractivity contribution is 7.91. The van der Waals surface area contributed by atoms with Crippen molar-refractivity contribution in [1.29, 1.82) is 0 Å². The molecule has 0 bridgehead atoms. The lowest BCUT2D eigenvalue weighted by atomic mass is 9.99. The van der Waals surface area contributed by atoms with Gasteiger partial charge in [-0.15, -0.1) is 4.40 Å². The normalized spacial score (nSPS) is 22.1. The monoisotopic (exact) mass is 352 g/mol. The standard InChI is InChI=1S/C15H20N4O4S/c1-10(20)19-7-3-4-11(8-19)9-23-13-6-2-5-12-14(13)15(16)18-24(21,22)17-12/h2,5-6,11,17H,3-4,7-9H2,1H3,(H2,16,18)/t11-/m0/s1. The summed E-state index contributed by atoms with van der Waals surface area (Å²) in [6, 6.07) is 5.03. The zero-order chi connectivity index (χ0) is 17.3. The molecule has 3 N–H and O–H groups in total. The lowest BCUT2D eigenvalue weighted by Crippen LogP contribution is -2.40. The van der Waals surface area contributed by atoms with E-state index in [-0.39, 0.29) is 17.7 Å². The molecule has 0 radical (unpaired) electrons. The second-order valence-electron chi connectivity index (χ2n) is 6.02. The number of amides is 1. The minimum Gasteiger partial charge on any atom is -0.492 e. The van der Waals surface area contributed by atoms with E-state index in [9.17, 15) is 13.2 Å². The molecule has 0 spiro atoms. The molecule has 0 aromatic heterocycles. The number of nitrogens with one attached hydrogen (secondary N) is 1. The summed E-state index contributed by atoms with van der Waals surface area (Å²) in [6.45, 7) is 3.45. The average molecular weight is 352 g/mol. The Kier molecular flexibility index (Phi) is 4.35. The maximum absolute atomic E-state index is 11.6. The van der Waals surface area contributed by atoms with Crippen molar-refractivity contribution in [2.24, 2.45) is 16.0 Å². The van der Waals surface area contributed by atoms with Crippen molar-refractivity contribution < 1.29 is 17.9 Å². The molecule has 1 aromatic carbocycles. The second kappa shape index (κ2) is 6.31. The van der Waals surface area contributed by atoms with Gasteiger partial charge in [-0.1, -0.05) is 6.07 Å². The molecule has 0 unspecified atom stereocenters. The van der Waals surface area contributed by atoms with Crippen LogP contribution in [0.3, 0.4) is 0 Å². The van der Waals surface area contributed by atoms with Crippen LogP contribution in [0, 0.1) is 5.92 Å². The Hall–Kier alpha value is -2.29. The van der Waals surface area contributed by atoms with E-state index in [0.717, 1.165) is 19.4 Å². The van der Waals surface area contributed by atoms with Gasteiger partial charge in [0.05, 0.1) is 17.9 Å². The number of likely N-dealkylation sites (tertiary alicyclic amines) is 1. The summed E-state index contributed by atoms with van der Waals surface area (Å²) in [7, 11) is -3.80. The lowest BCUT2D eigenvalue weighted by Gasteiger charge is -2.32. The third kappa shape index (κ3) is 3.45. The number of carbonyl (C=O) groups is 1. The Morgan fingerprint density at radius 3 is 3.04 bits per heavy atom. The van der Waals surface area contributed by atoms with Gasteiger partial charge in [-0.3, -0.25) is 9.52 Å². The summed E-state index contributed by atoms with van der Waals surface area (Å²) < 4.78 is 34.9. The van der Waals surface area contributed by atoms with Gasteiger partial charge in [0.2, 0.25) is 5.91 Å². The van der Waals surface area contributed by atoms with Gasteiger partial charge < -0.3 is 15.4 Å². The van der Waals surface area contributed by atoms with Crippen molar-refractivity contribution in [2.75, 3.05) is 24.4 Å². The fourth-order valence-electron chi connectivity index (χ4n) is 3.03. The molecule has 130 valence electrons. The van der Waals surface area contributed by atoms with Crippen molar-refractivity contribution >= 4 is 27.6 Å². The first-order valence-electron chi connectivity index (χ1n) is 7.75. The van der Waals surface area contributed by atoms with Gasteiger partial charge in [0.25, 0.3) is 0 Å². The van der Waals surface area contributed by atoms with E-state index in [1.54, 1.807) is 25.1 Å². The molecule has 1 amide bonds. The van der Waals surface area contributed by atoms with Crippen molar-refractivity contribution in [1.82, 2.24) is 4.90 Å². The zero-order valence-electron chi connectivity index (χ0n) is 13.4. The van der Waals surface area contributed by atoms with E-state index in [2.05, 4.69) is 9.12 Å². The summed E-state index contributed by atoms with van der Waals surface area (Å²) >= 11 is 0. The maximum atomic E-state index is 11.6. The molecular weight excluding hydrogens is 332 g/mol. The fourth-order valence-corrected chi connectivity index (χ4v) is 3.88. The van der Waals surface area contributed by atoms with Crippen LogP contribution in [0.4, 0.5) is 5.69 Å². The number of hydrogen-bond acceptors (Lipinski definition) is 5. The van der Waals surface area contributed by atoms with E-state index in [1.165, 1.54) is 0 Å². The van der Waals surface area contributed by atoms with E-state index < -0.39 is 10.2 Å². The predicted octanol–water partition coefficient (Wildman–Crippen LogP) is 0.700. The van der Waals surface area contributed by atoms with Crippen LogP contribution < -0.4 is 15.2 Å². The first kappa shape index (κ1) is 16.6. The fraction of sp³-hybridized carbons (Fsp3) is 0.467. The minimum atomic E-state index is -3.80. The van der Waals surface area contributed by atoms with Crippen LogP contribution in [0.1, 0.15) is 25.3 Å². The summed E-state index contributed by atoms with van der Waals surface area (Å²) in [5, 5.41) is 0. The number of benzene rings is 1. The van der Waals surface area contributed by atoms with E-state index >= 15 is 0 Å². The predicted molar refractivity (Wildman–Crippen MR) is 90.2 cm³/mol. The number of ether oxygens (including phenoxy) is 1. The number of hydrogen-bond donors (Lipinski definition) is 2. The maximum Gasteiger partial charge on any atom is 0.344 e. The number of rotatable bonds is 3. The van der Waals surface area contributed by atoms with Crippen molar-refractivity contribution in [3.05, 3.63) is 23.8 Å². The summed E-state index contributed by atoms with van der Waals surface area (Å²) in [6.07, 6.45) is 1.93. The van der Waals surface area contributed by atoms with E-state index in [0.29, 0.717) is 30.2 Å². The van der Waals surface area contributed by atoms with Gasteiger partial charge in [0, 0.05) is 25.9 Å². The molecule has 2 heterocycles. The molecule has 1 aromatic rings. The molecule has 9 heteroatoms. The van der Waals surface area contributed by atoms with Crippen LogP contribution in [0.15, 0.2) is 22.6 Å². The van der Waals surface area contributed by atoms with Crippen molar-refractivity contribution in [2.45, 2.75) is 19.8 Å². The third-order valence-electron chi connectivity index (χ3n) is 4.18. The van der Waals surface area contributed by atoms with Crippen LogP contribution in [0.5, 0.6) is 5.75 Å². The van der Waals surface area contributed by atoms with Gasteiger partial charge >= 0.3 is 10.2 Å². The number of amidine groups is 1. The Balaban J connectivity index is 1.74. The Morgan fingerprint density at radius 2 is 2.29 bits per heavy atom. The first-order valence-corrected chi connectivity index (χ1v) is 9.19. The molecule has 24 heavy (non-hydrogen) atoms. The number of fused-ring (bicyclic) bond motifs is 1. The first-order chi connectivity index (χ1) is 11.4. The van der Waals surface area contributed by atoms with E-state index in [1.807, 2.05) is 4.90 Å². The Bertz CT molecular complexity index is 791.